The van der Waals surface area contributed by atoms with E-state index in [9.17, 15) is 19.5 Å². The van der Waals surface area contributed by atoms with Crippen LogP contribution < -0.4 is 10.3 Å². The van der Waals surface area contributed by atoms with Crippen LogP contribution in [-0.4, -0.2) is 63.1 Å². The molecule has 1 N–H and O–H groups in total. The molecule has 2 aromatic rings. The van der Waals surface area contributed by atoms with E-state index in [1.54, 1.807) is 9.47 Å². The smallest absolute Gasteiger partial charge is 0.341 e. The van der Waals surface area contributed by atoms with Gasteiger partial charge in [0.25, 0.3) is 0 Å². The first-order valence-corrected chi connectivity index (χ1v) is 8.18. The normalized spacial score (nSPS) is 17.8. The van der Waals surface area contributed by atoms with Gasteiger partial charge in [-0.25, -0.2) is 9.78 Å². The molecule has 0 spiro atoms. The highest BCUT2D eigenvalue weighted by Gasteiger charge is 2.28. The maximum absolute atomic E-state index is 12.4. The molecule has 0 radical (unpaired) electrons. The third-order valence-electron chi connectivity index (χ3n) is 4.67. The largest absolute Gasteiger partial charge is 0.477 e. The van der Waals surface area contributed by atoms with E-state index in [1.165, 1.54) is 12.4 Å². The molecule has 1 saturated carbocycles. The first kappa shape index (κ1) is 15.6. The van der Waals surface area contributed by atoms with E-state index < -0.39 is 11.4 Å². The lowest BCUT2D eigenvalue weighted by atomic mass is 10.2. The average molecular weight is 343 g/mol. The van der Waals surface area contributed by atoms with Gasteiger partial charge in [-0.1, -0.05) is 0 Å². The van der Waals surface area contributed by atoms with Gasteiger partial charge >= 0.3 is 5.97 Å². The van der Waals surface area contributed by atoms with Gasteiger partial charge in [0.05, 0.1) is 5.39 Å². The third kappa shape index (κ3) is 2.71. The Morgan fingerprint density at radius 1 is 1.24 bits per heavy atom. The summed E-state index contributed by atoms with van der Waals surface area (Å²) in [6.45, 7) is 2.42. The molecular formula is C16H17N5O4. The lowest BCUT2D eigenvalue weighted by Crippen LogP contribution is -2.46. The first-order chi connectivity index (χ1) is 12.1. The Morgan fingerprint density at radius 2 is 1.96 bits per heavy atom. The zero-order valence-corrected chi connectivity index (χ0v) is 13.5. The van der Waals surface area contributed by atoms with Crippen molar-refractivity contribution in [2.45, 2.75) is 18.9 Å². The Kier molecular flexibility index (Phi) is 3.63. The number of carbonyl (C=O) groups is 2. The highest BCUT2D eigenvalue weighted by atomic mass is 16.4. The standard InChI is InChI=1S/C16H17N5O4/c22-9-19-3-5-20(6-4-19)16-17-7-11-13(23)12(15(24)25)8-21(10-1-2-10)14(11)18-16/h7-10H,1-6H2,(H,24,25). The fraction of sp³-hybridized carbons (Fsp3) is 0.438. The van der Waals surface area contributed by atoms with Crippen molar-refractivity contribution in [3.8, 4) is 0 Å². The number of hydrogen-bond acceptors (Lipinski definition) is 6. The molecular weight excluding hydrogens is 326 g/mol. The van der Waals surface area contributed by atoms with Gasteiger partial charge in [-0.15, -0.1) is 0 Å². The summed E-state index contributed by atoms with van der Waals surface area (Å²) >= 11 is 0. The summed E-state index contributed by atoms with van der Waals surface area (Å²) < 4.78 is 1.78. The number of amides is 1. The summed E-state index contributed by atoms with van der Waals surface area (Å²) in [7, 11) is 0. The summed E-state index contributed by atoms with van der Waals surface area (Å²) in [5.74, 6) is -0.745. The molecule has 1 saturated heterocycles. The van der Waals surface area contributed by atoms with Crippen LogP contribution >= 0.6 is 0 Å². The molecule has 9 nitrogen and oxygen atoms in total. The number of anilines is 1. The van der Waals surface area contributed by atoms with Crippen LogP contribution in [0.3, 0.4) is 0 Å². The van der Waals surface area contributed by atoms with E-state index in [2.05, 4.69) is 9.97 Å². The molecule has 4 rings (SSSR count). The Labute approximate surface area is 142 Å². The minimum Gasteiger partial charge on any atom is -0.477 e. The molecule has 0 unspecified atom stereocenters. The van der Waals surface area contributed by atoms with Crippen LogP contribution in [0.25, 0.3) is 11.0 Å². The maximum atomic E-state index is 12.4. The topological polar surface area (TPSA) is 109 Å². The van der Waals surface area contributed by atoms with E-state index in [0.717, 1.165) is 19.3 Å². The van der Waals surface area contributed by atoms with Crippen molar-refractivity contribution in [1.29, 1.82) is 0 Å². The number of carbonyl (C=O) groups excluding carboxylic acids is 1. The van der Waals surface area contributed by atoms with Crippen LogP contribution in [0.5, 0.6) is 0 Å². The van der Waals surface area contributed by atoms with Crippen LogP contribution in [0.4, 0.5) is 5.95 Å². The van der Waals surface area contributed by atoms with Crippen molar-refractivity contribution in [3.05, 3.63) is 28.2 Å². The van der Waals surface area contributed by atoms with E-state index in [1.807, 2.05) is 4.90 Å². The number of hydrogen-bond donors (Lipinski definition) is 1. The molecule has 0 bridgehead atoms. The summed E-state index contributed by atoms with van der Waals surface area (Å²) in [6.07, 6.45) is 5.52. The van der Waals surface area contributed by atoms with Crippen molar-refractivity contribution < 1.29 is 14.7 Å². The molecule has 9 heteroatoms. The molecule has 2 fully saturated rings. The van der Waals surface area contributed by atoms with Crippen molar-refractivity contribution in [2.75, 3.05) is 31.1 Å². The number of aromatic carboxylic acids is 1. The van der Waals surface area contributed by atoms with Crippen molar-refractivity contribution in [3.63, 3.8) is 0 Å². The molecule has 0 atom stereocenters. The second-order valence-electron chi connectivity index (χ2n) is 6.35. The monoisotopic (exact) mass is 343 g/mol. The summed E-state index contributed by atoms with van der Waals surface area (Å²) in [6, 6.07) is 0.177. The molecule has 1 amide bonds. The maximum Gasteiger partial charge on any atom is 0.341 e. The second-order valence-corrected chi connectivity index (χ2v) is 6.35. The second kappa shape index (κ2) is 5.83. The molecule has 2 aliphatic rings. The van der Waals surface area contributed by atoms with Crippen LogP contribution in [-0.2, 0) is 4.79 Å². The van der Waals surface area contributed by atoms with E-state index in [0.29, 0.717) is 37.8 Å². The molecule has 1 aliphatic carbocycles. The Hall–Kier alpha value is -2.97. The van der Waals surface area contributed by atoms with Gasteiger partial charge in [0.2, 0.25) is 17.8 Å². The molecule has 25 heavy (non-hydrogen) atoms. The Bertz CT molecular complexity index is 913. The predicted molar refractivity (Wildman–Crippen MR) is 88.9 cm³/mol. The number of aromatic nitrogens is 3. The number of rotatable bonds is 4. The zero-order valence-electron chi connectivity index (χ0n) is 13.5. The third-order valence-corrected chi connectivity index (χ3v) is 4.67. The molecule has 130 valence electrons. The van der Waals surface area contributed by atoms with Gasteiger partial charge in [0.15, 0.2) is 0 Å². The molecule has 1 aliphatic heterocycles. The van der Waals surface area contributed by atoms with E-state index in [4.69, 9.17) is 0 Å². The van der Waals surface area contributed by atoms with Gasteiger partial charge < -0.3 is 19.5 Å². The molecule has 2 aromatic heterocycles. The van der Waals surface area contributed by atoms with Crippen LogP contribution in [0.1, 0.15) is 29.2 Å². The number of pyridine rings is 1. The van der Waals surface area contributed by atoms with Crippen LogP contribution in [0.2, 0.25) is 0 Å². The van der Waals surface area contributed by atoms with Gasteiger partial charge in [-0.05, 0) is 12.8 Å². The minimum absolute atomic E-state index is 0.177. The minimum atomic E-state index is -1.24. The van der Waals surface area contributed by atoms with E-state index >= 15 is 0 Å². The molecule has 3 heterocycles. The first-order valence-electron chi connectivity index (χ1n) is 8.18. The van der Waals surface area contributed by atoms with Gasteiger partial charge in [0, 0.05) is 44.6 Å². The number of carboxylic acid groups (broad SMARTS) is 1. The van der Waals surface area contributed by atoms with Gasteiger partial charge in [-0.2, -0.15) is 4.98 Å². The number of nitrogens with zero attached hydrogens (tertiary/aromatic N) is 5. The fourth-order valence-electron chi connectivity index (χ4n) is 3.09. The van der Waals surface area contributed by atoms with Gasteiger partial charge in [-0.3, -0.25) is 9.59 Å². The number of piperazine rings is 1. The fourth-order valence-corrected chi connectivity index (χ4v) is 3.09. The number of carboxylic acids is 1. The number of fused-ring (bicyclic) bond motifs is 1. The van der Waals surface area contributed by atoms with Gasteiger partial charge in [0.1, 0.15) is 11.2 Å². The summed E-state index contributed by atoms with van der Waals surface area (Å²) in [5.41, 5.74) is -0.340. The van der Waals surface area contributed by atoms with Crippen LogP contribution in [0.15, 0.2) is 17.2 Å². The van der Waals surface area contributed by atoms with E-state index in [-0.39, 0.29) is 17.0 Å². The Balaban J connectivity index is 1.79. The van der Waals surface area contributed by atoms with Crippen LogP contribution in [0, 0.1) is 0 Å². The lowest BCUT2D eigenvalue weighted by Gasteiger charge is -2.32. The van der Waals surface area contributed by atoms with Crippen molar-refractivity contribution in [1.82, 2.24) is 19.4 Å². The predicted octanol–water partition coefficient (Wildman–Crippen LogP) is 0.103. The summed E-state index contributed by atoms with van der Waals surface area (Å²) in [4.78, 5) is 47.0. The lowest BCUT2D eigenvalue weighted by molar-refractivity contribution is -0.118. The highest BCUT2D eigenvalue weighted by Crippen LogP contribution is 2.36. The van der Waals surface area contributed by atoms with Crippen molar-refractivity contribution >= 4 is 29.4 Å². The Morgan fingerprint density at radius 3 is 2.56 bits per heavy atom. The average Bonchev–Trinajstić information content (AvgIpc) is 3.46. The highest BCUT2D eigenvalue weighted by molar-refractivity contribution is 5.91. The quantitative estimate of drug-likeness (QED) is 0.784. The zero-order chi connectivity index (χ0) is 17.6. The SMILES string of the molecule is O=CN1CCN(c2ncc3c(=O)c(C(=O)O)cn(C4CC4)c3n2)CC1. The molecule has 0 aromatic carbocycles. The summed E-state index contributed by atoms with van der Waals surface area (Å²) in [5, 5.41) is 9.49. The van der Waals surface area contributed by atoms with Crippen molar-refractivity contribution in [2.24, 2.45) is 0 Å².